The fraction of sp³-hybridized carbons (Fsp3) is 0.276. The Morgan fingerprint density at radius 2 is 1.95 bits per heavy atom. The highest BCUT2D eigenvalue weighted by molar-refractivity contribution is 7.20. The monoisotopic (exact) mass is 556 g/mol. The number of hydrogen-bond acceptors (Lipinski definition) is 8. The molecule has 10 nitrogen and oxygen atoms in total. The lowest BCUT2D eigenvalue weighted by atomic mass is 10.1. The number of thiophene rings is 1. The Morgan fingerprint density at radius 1 is 1.20 bits per heavy atom. The molecule has 40 heavy (non-hydrogen) atoms. The van der Waals surface area contributed by atoms with E-state index in [4.69, 9.17) is 10.7 Å². The van der Waals surface area contributed by atoms with E-state index in [1.165, 1.54) is 10.6 Å². The molecule has 2 unspecified atom stereocenters. The number of nitrogens with two attached hydrogens (primary N) is 1. The number of benzene rings is 2. The van der Waals surface area contributed by atoms with Crippen LogP contribution in [0.15, 0.2) is 65.5 Å². The number of rotatable bonds is 8. The third kappa shape index (κ3) is 5.73. The molecule has 2 atom stereocenters. The smallest absolute Gasteiger partial charge is 0.326 e. The van der Waals surface area contributed by atoms with Gasteiger partial charge in [0.2, 0.25) is 5.95 Å². The van der Waals surface area contributed by atoms with Crippen LogP contribution in [0.25, 0.3) is 10.2 Å². The molecule has 1 amide bonds. The topological polar surface area (TPSA) is 154 Å². The number of piperidine rings is 1. The van der Waals surface area contributed by atoms with E-state index in [-0.39, 0.29) is 34.1 Å². The molecule has 11 heteroatoms. The van der Waals surface area contributed by atoms with Gasteiger partial charge in [-0.1, -0.05) is 48.5 Å². The summed E-state index contributed by atoms with van der Waals surface area (Å²) in [6.07, 6.45) is 1.84. The minimum absolute atomic E-state index is 0.0671. The highest BCUT2D eigenvalue weighted by Crippen LogP contribution is 2.26. The van der Waals surface area contributed by atoms with Gasteiger partial charge in [-0.05, 0) is 36.1 Å². The first-order valence-corrected chi connectivity index (χ1v) is 13.8. The maximum atomic E-state index is 13.9. The zero-order valence-electron chi connectivity index (χ0n) is 21.6. The van der Waals surface area contributed by atoms with Gasteiger partial charge >= 0.3 is 5.97 Å². The largest absolute Gasteiger partial charge is 0.480 e. The normalized spacial score (nSPS) is 15.9. The highest BCUT2D eigenvalue weighted by Gasteiger charge is 2.26. The van der Waals surface area contributed by atoms with Crippen LogP contribution in [0.2, 0.25) is 0 Å². The first-order valence-electron chi connectivity index (χ1n) is 12.9. The predicted octanol–water partition coefficient (Wildman–Crippen LogP) is 2.73. The van der Waals surface area contributed by atoms with Gasteiger partial charge in [-0.15, -0.1) is 11.3 Å². The van der Waals surface area contributed by atoms with Crippen molar-refractivity contribution in [3.05, 3.63) is 92.6 Å². The van der Waals surface area contributed by atoms with Crippen LogP contribution in [-0.2, 0) is 17.8 Å². The number of aliphatic carboxylic acids is 1. The lowest BCUT2D eigenvalue weighted by Gasteiger charge is -2.33. The molecule has 4 aromatic rings. The Morgan fingerprint density at radius 3 is 2.67 bits per heavy atom. The molecular formula is C29H28N6O4S. The number of hydrogen-bond donors (Lipinski definition) is 3. The molecule has 3 heterocycles. The van der Waals surface area contributed by atoms with Gasteiger partial charge in [0, 0.05) is 25.6 Å². The number of carboxylic acids is 1. The van der Waals surface area contributed by atoms with Gasteiger partial charge in [-0.3, -0.25) is 14.2 Å². The Balaban J connectivity index is 1.52. The van der Waals surface area contributed by atoms with Crippen LogP contribution >= 0.6 is 11.3 Å². The summed E-state index contributed by atoms with van der Waals surface area (Å²) in [5.41, 5.74) is 8.16. The first-order chi connectivity index (χ1) is 19.3. The van der Waals surface area contributed by atoms with E-state index >= 15 is 0 Å². The summed E-state index contributed by atoms with van der Waals surface area (Å²) in [5, 5.41) is 21.9. The minimum atomic E-state index is -1.15. The number of nitrogens with zero attached hydrogens (tertiary/aromatic N) is 4. The summed E-state index contributed by atoms with van der Waals surface area (Å²) >= 11 is 0.974. The molecule has 1 fully saturated rings. The van der Waals surface area contributed by atoms with Crippen molar-refractivity contribution >= 4 is 39.4 Å². The maximum absolute atomic E-state index is 13.9. The minimum Gasteiger partial charge on any atom is -0.480 e. The first kappa shape index (κ1) is 27.1. The molecule has 0 spiro atoms. The van der Waals surface area contributed by atoms with E-state index in [0.717, 1.165) is 29.7 Å². The highest BCUT2D eigenvalue weighted by atomic mass is 32.1. The number of nitrogens with one attached hydrogen (secondary N) is 1. The maximum Gasteiger partial charge on any atom is 0.326 e. The van der Waals surface area contributed by atoms with E-state index in [0.29, 0.717) is 35.7 Å². The van der Waals surface area contributed by atoms with Crippen molar-refractivity contribution in [3.63, 3.8) is 0 Å². The molecule has 5 rings (SSSR count). The van der Waals surface area contributed by atoms with Gasteiger partial charge < -0.3 is 21.1 Å². The number of carbonyl (C=O) groups is 2. The molecular weight excluding hydrogens is 528 g/mol. The molecule has 2 aromatic carbocycles. The van der Waals surface area contributed by atoms with Gasteiger partial charge in [0.1, 0.15) is 10.7 Å². The van der Waals surface area contributed by atoms with Crippen molar-refractivity contribution < 1.29 is 14.7 Å². The summed E-state index contributed by atoms with van der Waals surface area (Å²) in [5.74, 6) is -1.31. The number of amides is 1. The lowest BCUT2D eigenvalue weighted by Crippen LogP contribution is -2.45. The molecule has 2 aromatic heterocycles. The van der Waals surface area contributed by atoms with Crippen LogP contribution in [0.1, 0.15) is 39.2 Å². The van der Waals surface area contributed by atoms with Gasteiger partial charge in [-0.2, -0.15) is 5.26 Å². The zero-order chi connectivity index (χ0) is 28.2. The SMILES string of the molecule is N#Cc1ccccc1Cn1c(N2CCCC(N)C2)nc2cc(C(=O)NC(Cc3ccccc3)C(=O)O)sc2c1=O. The van der Waals surface area contributed by atoms with Crippen LogP contribution in [0.5, 0.6) is 0 Å². The number of anilines is 1. The summed E-state index contributed by atoms with van der Waals surface area (Å²) in [7, 11) is 0. The average Bonchev–Trinajstić information content (AvgIpc) is 3.40. The van der Waals surface area contributed by atoms with Crippen molar-refractivity contribution in [2.75, 3.05) is 18.0 Å². The quantitative estimate of drug-likeness (QED) is 0.299. The zero-order valence-corrected chi connectivity index (χ0v) is 22.4. The fourth-order valence-corrected chi connectivity index (χ4v) is 5.85. The van der Waals surface area contributed by atoms with Crippen LogP contribution in [-0.4, -0.2) is 51.7 Å². The number of carboxylic acid groups (broad SMARTS) is 1. The molecule has 0 bridgehead atoms. The van der Waals surface area contributed by atoms with E-state index in [2.05, 4.69) is 11.4 Å². The standard InChI is InChI=1S/C29H28N6O4S/c30-15-19-9-4-5-10-20(19)16-35-27(37)25-22(33-29(35)34-12-6-11-21(31)17-34)14-24(40-25)26(36)32-23(28(38)39)13-18-7-2-1-3-8-18/h1-5,7-10,14,21,23H,6,11-13,16-17,31H2,(H,32,36)(H,38,39). The Kier molecular flexibility index (Phi) is 7.91. The van der Waals surface area contributed by atoms with Gasteiger partial charge in [-0.25, -0.2) is 9.78 Å². The summed E-state index contributed by atoms with van der Waals surface area (Å²) in [6, 6.07) is 18.6. The van der Waals surface area contributed by atoms with E-state index < -0.39 is 17.9 Å². The molecule has 4 N–H and O–H groups in total. The van der Waals surface area contributed by atoms with Gasteiger partial charge in [0.25, 0.3) is 11.5 Å². The third-order valence-electron chi connectivity index (χ3n) is 6.93. The average molecular weight is 557 g/mol. The molecule has 1 saturated heterocycles. The van der Waals surface area contributed by atoms with Crippen LogP contribution in [0.4, 0.5) is 5.95 Å². The van der Waals surface area contributed by atoms with Crippen LogP contribution in [0, 0.1) is 11.3 Å². The number of aromatic nitrogens is 2. The predicted molar refractivity (Wildman–Crippen MR) is 153 cm³/mol. The molecule has 1 aliphatic rings. The number of fused-ring (bicyclic) bond motifs is 1. The third-order valence-corrected chi connectivity index (χ3v) is 8.04. The van der Waals surface area contributed by atoms with E-state index in [1.54, 1.807) is 42.5 Å². The van der Waals surface area contributed by atoms with E-state index in [1.807, 2.05) is 17.0 Å². The summed E-state index contributed by atoms with van der Waals surface area (Å²) in [6.45, 7) is 1.32. The second kappa shape index (κ2) is 11.7. The van der Waals surface area contributed by atoms with Crippen molar-refractivity contribution in [2.24, 2.45) is 5.73 Å². The molecule has 204 valence electrons. The fourth-order valence-electron chi connectivity index (χ4n) is 4.90. The summed E-state index contributed by atoms with van der Waals surface area (Å²) in [4.78, 5) is 45.9. The lowest BCUT2D eigenvalue weighted by molar-refractivity contribution is -0.139. The van der Waals surface area contributed by atoms with Gasteiger partial charge in [0.05, 0.1) is 28.6 Å². The number of carbonyl (C=O) groups excluding carboxylic acids is 1. The van der Waals surface area contributed by atoms with Crippen molar-refractivity contribution in [3.8, 4) is 6.07 Å². The number of nitriles is 1. The van der Waals surface area contributed by atoms with Crippen LogP contribution < -0.4 is 21.5 Å². The summed E-state index contributed by atoms with van der Waals surface area (Å²) < 4.78 is 1.81. The molecule has 1 aliphatic heterocycles. The second-order valence-electron chi connectivity index (χ2n) is 9.80. The van der Waals surface area contributed by atoms with Crippen molar-refractivity contribution in [2.45, 2.75) is 37.9 Å². The van der Waals surface area contributed by atoms with Crippen molar-refractivity contribution in [1.29, 1.82) is 5.26 Å². The van der Waals surface area contributed by atoms with Crippen LogP contribution in [0.3, 0.4) is 0 Å². The molecule has 0 saturated carbocycles. The Hall–Kier alpha value is -4.53. The van der Waals surface area contributed by atoms with E-state index in [9.17, 15) is 24.8 Å². The van der Waals surface area contributed by atoms with Gasteiger partial charge in [0.15, 0.2) is 0 Å². The Labute approximate surface area is 234 Å². The second-order valence-corrected chi connectivity index (χ2v) is 10.9. The van der Waals surface area contributed by atoms with Crippen molar-refractivity contribution in [1.82, 2.24) is 14.9 Å². The molecule has 0 radical (unpaired) electrons. The Bertz CT molecular complexity index is 1660. The molecule has 0 aliphatic carbocycles.